The van der Waals surface area contributed by atoms with Crippen molar-refractivity contribution in [2.24, 2.45) is 0 Å². The minimum absolute atomic E-state index is 0.586. The summed E-state index contributed by atoms with van der Waals surface area (Å²) in [6.45, 7) is 7.20. The number of hydrogen-bond acceptors (Lipinski definition) is 3. The Morgan fingerprint density at radius 1 is 1.53 bits per heavy atom. The molecule has 0 saturated carbocycles. The standard InChI is InChI=1S/C14H19N3/c1-4-12-6-5-7-17(12)14-8-10(2)16-11(3)13(14)9-15/h8,12H,4-7H2,1-3H3. The first-order chi connectivity index (χ1) is 8.17. The first-order valence-electron chi connectivity index (χ1n) is 6.32. The van der Waals surface area contributed by atoms with Crippen LogP contribution < -0.4 is 4.90 Å². The van der Waals surface area contributed by atoms with Gasteiger partial charge in [0.15, 0.2) is 0 Å². The van der Waals surface area contributed by atoms with Crippen molar-refractivity contribution in [3.05, 3.63) is 23.0 Å². The number of aromatic nitrogens is 1. The monoisotopic (exact) mass is 229 g/mol. The molecule has 0 bridgehead atoms. The highest BCUT2D eigenvalue weighted by atomic mass is 15.2. The fourth-order valence-electron chi connectivity index (χ4n) is 2.75. The van der Waals surface area contributed by atoms with Crippen LogP contribution in [0.1, 0.15) is 43.1 Å². The summed E-state index contributed by atoms with van der Waals surface area (Å²) in [6, 6.07) is 4.95. The second kappa shape index (κ2) is 4.75. The summed E-state index contributed by atoms with van der Waals surface area (Å²) in [5, 5.41) is 9.29. The number of nitrogens with zero attached hydrogens (tertiary/aromatic N) is 3. The molecule has 1 aromatic heterocycles. The van der Waals surface area contributed by atoms with Crippen LogP contribution >= 0.6 is 0 Å². The van der Waals surface area contributed by atoms with E-state index in [4.69, 9.17) is 0 Å². The summed E-state index contributed by atoms with van der Waals surface area (Å²) < 4.78 is 0. The van der Waals surface area contributed by atoms with Crippen molar-refractivity contribution in [2.75, 3.05) is 11.4 Å². The van der Waals surface area contributed by atoms with Gasteiger partial charge in [0, 0.05) is 18.3 Å². The molecule has 1 saturated heterocycles. The quantitative estimate of drug-likeness (QED) is 0.782. The molecule has 0 spiro atoms. The van der Waals surface area contributed by atoms with E-state index >= 15 is 0 Å². The lowest BCUT2D eigenvalue weighted by molar-refractivity contribution is 0.644. The van der Waals surface area contributed by atoms with Crippen LogP contribution in [-0.2, 0) is 0 Å². The summed E-state index contributed by atoms with van der Waals surface area (Å²) >= 11 is 0. The van der Waals surface area contributed by atoms with Crippen LogP contribution in [0.4, 0.5) is 5.69 Å². The number of nitriles is 1. The minimum atomic E-state index is 0.586. The topological polar surface area (TPSA) is 39.9 Å². The van der Waals surface area contributed by atoms with Crippen LogP contribution in [0, 0.1) is 25.2 Å². The highest BCUT2D eigenvalue weighted by Crippen LogP contribution is 2.31. The first-order valence-corrected chi connectivity index (χ1v) is 6.32. The lowest BCUT2D eigenvalue weighted by Gasteiger charge is -2.27. The van der Waals surface area contributed by atoms with E-state index in [0.717, 1.165) is 35.6 Å². The number of hydrogen-bond donors (Lipinski definition) is 0. The third-order valence-corrected chi connectivity index (χ3v) is 3.58. The summed E-state index contributed by atoms with van der Waals surface area (Å²) in [6.07, 6.45) is 3.61. The zero-order valence-electron chi connectivity index (χ0n) is 10.8. The molecule has 3 heteroatoms. The van der Waals surface area contributed by atoms with Crippen LogP contribution in [0.5, 0.6) is 0 Å². The number of aryl methyl sites for hydroxylation is 2. The second-order valence-corrected chi connectivity index (χ2v) is 4.75. The Bertz CT molecular complexity index is 459. The predicted molar refractivity (Wildman–Crippen MR) is 69.1 cm³/mol. The zero-order valence-corrected chi connectivity index (χ0v) is 10.8. The molecule has 0 aromatic carbocycles. The summed E-state index contributed by atoms with van der Waals surface area (Å²) in [5.74, 6) is 0. The van der Waals surface area contributed by atoms with Gasteiger partial charge >= 0.3 is 0 Å². The molecule has 1 atom stereocenters. The van der Waals surface area contributed by atoms with Gasteiger partial charge in [0.1, 0.15) is 6.07 Å². The van der Waals surface area contributed by atoms with E-state index < -0.39 is 0 Å². The van der Waals surface area contributed by atoms with E-state index in [1.54, 1.807) is 0 Å². The molecule has 1 aromatic rings. The fourth-order valence-corrected chi connectivity index (χ4v) is 2.75. The number of anilines is 1. The average Bonchev–Trinajstić information content (AvgIpc) is 2.75. The van der Waals surface area contributed by atoms with Crippen LogP contribution in [0.25, 0.3) is 0 Å². The van der Waals surface area contributed by atoms with Crippen molar-refractivity contribution < 1.29 is 0 Å². The Balaban J connectivity index is 2.47. The predicted octanol–water partition coefficient (Wildman–Crippen LogP) is 2.95. The summed E-state index contributed by atoms with van der Waals surface area (Å²) in [4.78, 5) is 6.77. The molecule has 1 unspecified atom stereocenters. The molecular formula is C14H19N3. The van der Waals surface area contributed by atoms with Gasteiger partial charge in [-0.15, -0.1) is 0 Å². The van der Waals surface area contributed by atoms with Gasteiger partial charge in [-0.2, -0.15) is 5.26 Å². The molecule has 0 N–H and O–H groups in total. The van der Waals surface area contributed by atoms with E-state index in [-0.39, 0.29) is 0 Å². The van der Waals surface area contributed by atoms with Crippen LogP contribution in [-0.4, -0.2) is 17.6 Å². The third-order valence-electron chi connectivity index (χ3n) is 3.58. The molecule has 0 aliphatic carbocycles. The molecule has 17 heavy (non-hydrogen) atoms. The average molecular weight is 229 g/mol. The van der Waals surface area contributed by atoms with Gasteiger partial charge in [-0.05, 0) is 39.2 Å². The van der Waals surface area contributed by atoms with Crippen molar-refractivity contribution in [1.82, 2.24) is 4.98 Å². The van der Waals surface area contributed by atoms with E-state index in [0.29, 0.717) is 6.04 Å². The summed E-state index contributed by atoms with van der Waals surface area (Å²) in [7, 11) is 0. The summed E-state index contributed by atoms with van der Waals surface area (Å²) in [5.41, 5.74) is 3.68. The molecule has 0 amide bonds. The molecule has 1 fully saturated rings. The Kier molecular flexibility index (Phi) is 3.33. The normalized spacial score (nSPS) is 19.4. The SMILES string of the molecule is CCC1CCCN1c1cc(C)nc(C)c1C#N. The molecule has 2 heterocycles. The molecule has 2 rings (SSSR count). The van der Waals surface area contributed by atoms with Gasteiger partial charge < -0.3 is 4.90 Å². The van der Waals surface area contributed by atoms with Gasteiger partial charge in [-0.25, -0.2) is 0 Å². The Labute approximate surface area is 103 Å². The Hall–Kier alpha value is -1.56. The molecule has 0 radical (unpaired) electrons. The third kappa shape index (κ3) is 2.12. The van der Waals surface area contributed by atoms with Crippen molar-refractivity contribution >= 4 is 5.69 Å². The fraction of sp³-hybridized carbons (Fsp3) is 0.571. The highest BCUT2D eigenvalue weighted by Gasteiger charge is 2.26. The van der Waals surface area contributed by atoms with Crippen molar-refractivity contribution in [2.45, 2.75) is 46.1 Å². The second-order valence-electron chi connectivity index (χ2n) is 4.75. The molecule has 3 nitrogen and oxygen atoms in total. The first kappa shape index (κ1) is 11.9. The molecule has 90 valence electrons. The highest BCUT2D eigenvalue weighted by molar-refractivity contribution is 5.62. The lowest BCUT2D eigenvalue weighted by Crippen LogP contribution is -2.29. The van der Waals surface area contributed by atoms with E-state index in [9.17, 15) is 5.26 Å². The minimum Gasteiger partial charge on any atom is -0.367 e. The number of pyridine rings is 1. The molecule has 1 aliphatic heterocycles. The maximum Gasteiger partial charge on any atom is 0.103 e. The van der Waals surface area contributed by atoms with Crippen molar-refractivity contribution in [3.63, 3.8) is 0 Å². The van der Waals surface area contributed by atoms with Gasteiger partial charge in [0.05, 0.1) is 16.9 Å². The van der Waals surface area contributed by atoms with Gasteiger partial charge in [0.25, 0.3) is 0 Å². The number of rotatable bonds is 2. The zero-order chi connectivity index (χ0) is 12.4. The van der Waals surface area contributed by atoms with E-state index in [2.05, 4.69) is 28.9 Å². The van der Waals surface area contributed by atoms with Crippen molar-refractivity contribution in [3.8, 4) is 6.07 Å². The van der Waals surface area contributed by atoms with Crippen LogP contribution in [0.3, 0.4) is 0 Å². The van der Waals surface area contributed by atoms with Crippen LogP contribution in [0.15, 0.2) is 6.07 Å². The molecule has 1 aliphatic rings. The largest absolute Gasteiger partial charge is 0.367 e. The van der Waals surface area contributed by atoms with Crippen LogP contribution in [0.2, 0.25) is 0 Å². The Morgan fingerprint density at radius 2 is 2.29 bits per heavy atom. The van der Waals surface area contributed by atoms with Gasteiger partial charge in [-0.1, -0.05) is 6.92 Å². The lowest BCUT2D eigenvalue weighted by atomic mass is 10.1. The Morgan fingerprint density at radius 3 is 2.94 bits per heavy atom. The van der Waals surface area contributed by atoms with E-state index in [1.165, 1.54) is 12.8 Å². The maximum absolute atomic E-state index is 9.29. The van der Waals surface area contributed by atoms with Crippen molar-refractivity contribution in [1.29, 1.82) is 5.26 Å². The van der Waals surface area contributed by atoms with Gasteiger partial charge in [-0.3, -0.25) is 4.98 Å². The smallest absolute Gasteiger partial charge is 0.103 e. The van der Waals surface area contributed by atoms with E-state index in [1.807, 2.05) is 13.8 Å². The molecular weight excluding hydrogens is 210 g/mol. The maximum atomic E-state index is 9.29. The van der Waals surface area contributed by atoms with Gasteiger partial charge in [0.2, 0.25) is 0 Å².